The summed E-state index contributed by atoms with van der Waals surface area (Å²) in [4.78, 5) is 2.30. The topological polar surface area (TPSA) is 16.4 Å². The van der Waals surface area contributed by atoms with E-state index in [1.54, 1.807) is 0 Å². The number of hydrogen-bond donors (Lipinski definition) is 0. The second-order valence-corrected chi connectivity index (χ2v) is 12.3. The van der Waals surface area contributed by atoms with Gasteiger partial charge in [0.15, 0.2) is 0 Å². The number of para-hydroxylation sites is 1. The number of rotatable bonds is 5. The smallest absolute Gasteiger partial charge is 0.135 e. The van der Waals surface area contributed by atoms with Crippen molar-refractivity contribution in [3.05, 3.63) is 197 Å². The Balaban J connectivity index is 1.33. The molecule has 8 aromatic rings. The zero-order valence-corrected chi connectivity index (χ0v) is 25.7. The van der Waals surface area contributed by atoms with E-state index in [9.17, 15) is 0 Å². The van der Waals surface area contributed by atoms with Crippen LogP contribution >= 0.6 is 11.6 Å². The molecular formula is C43H28ClNO. The van der Waals surface area contributed by atoms with Crippen molar-refractivity contribution >= 4 is 50.6 Å². The van der Waals surface area contributed by atoms with Crippen LogP contribution in [0.1, 0.15) is 22.3 Å². The fourth-order valence-corrected chi connectivity index (χ4v) is 7.67. The third-order valence-corrected chi connectivity index (χ3v) is 9.62. The quantitative estimate of drug-likeness (QED) is 0.193. The molecule has 9 rings (SSSR count). The molecule has 0 N–H and O–H groups in total. The number of fused-ring (bicyclic) bond motifs is 6. The molecule has 0 fully saturated rings. The second-order valence-electron chi connectivity index (χ2n) is 11.9. The van der Waals surface area contributed by atoms with Crippen molar-refractivity contribution in [2.24, 2.45) is 0 Å². The first kappa shape index (κ1) is 26.8. The first-order valence-corrected chi connectivity index (χ1v) is 15.9. The molecule has 0 radical (unpaired) electrons. The Morgan fingerprint density at radius 2 is 1.04 bits per heavy atom. The number of benzene rings is 7. The standard InChI is InChI=1S/C43H28ClNO/c44-31-16-11-17-32(26-31)45(33-23-25-42-38(27-33)37-19-8-10-21-41(37)46-42)34-22-24-36-35-18-7-9-20-39(35)43(40(36)28-34,29-12-3-1-4-13-29)30-14-5-2-6-15-30/h1-28H. The van der Waals surface area contributed by atoms with Crippen LogP contribution in [0.15, 0.2) is 174 Å². The largest absolute Gasteiger partial charge is 0.456 e. The average Bonchev–Trinajstić information content (AvgIpc) is 3.63. The highest BCUT2D eigenvalue weighted by molar-refractivity contribution is 6.30. The Hall–Kier alpha value is -5.57. The molecule has 1 heterocycles. The molecule has 3 heteroatoms. The third-order valence-electron chi connectivity index (χ3n) is 9.39. The van der Waals surface area contributed by atoms with Gasteiger partial charge in [0.1, 0.15) is 11.2 Å². The molecule has 0 amide bonds. The maximum atomic E-state index is 6.64. The zero-order chi connectivity index (χ0) is 30.7. The molecule has 1 aliphatic carbocycles. The minimum atomic E-state index is -0.491. The summed E-state index contributed by atoms with van der Waals surface area (Å²) in [6.45, 7) is 0. The van der Waals surface area contributed by atoms with Crippen molar-refractivity contribution in [2.45, 2.75) is 5.41 Å². The van der Waals surface area contributed by atoms with Gasteiger partial charge >= 0.3 is 0 Å². The lowest BCUT2D eigenvalue weighted by atomic mass is 9.67. The molecule has 1 aromatic heterocycles. The van der Waals surface area contributed by atoms with Gasteiger partial charge in [0.05, 0.1) is 5.41 Å². The summed E-state index contributed by atoms with van der Waals surface area (Å²) in [5, 5.41) is 2.87. The minimum Gasteiger partial charge on any atom is -0.456 e. The fourth-order valence-electron chi connectivity index (χ4n) is 7.49. The zero-order valence-electron chi connectivity index (χ0n) is 24.9. The fraction of sp³-hybridized carbons (Fsp3) is 0.0233. The summed E-state index contributed by atoms with van der Waals surface area (Å²) >= 11 is 6.64. The molecular weight excluding hydrogens is 582 g/mol. The molecule has 46 heavy (non-hydrogen) atoms. The molecule has 0 saturated heterocycles. The van der Waals surface area contributed by atoms with Gasteiger partial charge in [-0.15, -0.1) is 0 Å². The highest BCUT2D eigenvalue weighted by Gasteiger charge is 2.46. The Morgan fingerprint density at radius 1 is 0.435 bits per heavy atom. The van der Waals surface area contributed by atoms with Crippen molar-refractivity contribution in [1.82, 2.24) is 0 Å². The minimum absolute atomic E-state index is 0.491. The van der Waals surface area contributed by atoms with Crippen LogP contribution in [-0.4, -0.2) is 0 Å². The van der Waals surface area contributed by atoms with Crippen LogP contribution in [-0.2, 0) is 5.41 Å². The van der Waals surface area contributed by atoms with Gasteiger partial charge in [-0.05, 0) is 88.0 Å². The van der Waals surface area contributed by atoms with Gasteiger partial charge in [0, 0.05) is 32.9 Å². The number of hydrogen-bond acceptors (Lipinski definition) is 2. The Labute approximate surface area is 272 Å². The van der Waals surface area contributed by atoms with Crippen molar-refractivity contribution in [3.63, 3.8) is 0 Å². The summed E-state index contributed by atoms with van der Waals surface area (Å²) in [6, 6.07) is 60.3. The summed E-state index contributed by atoms with van der Waals surface area (Å²) in [6.07, 6.45) is 0. The predicted octanol–water partition coefficient (Wildman–Crippen LogP) is 12.1. The number of nitrogens with zero attached hydrogens (tertiary/aromatic N) is 1. The van der Waals surface area contributed by atoms with E-state index >= 15 is 0 Å². The SMILES string of the molecule is Clc1cccc(N(c2ccc3c(c2)C(c2ccccc2)(c2ccccc2)c2ccccc2-3)c2ccc3oc4ccccc4c3c2)c1. The Kier molecular flexibility index (Phi) is 6.12. The normalized spacial score (nSPS) is 13.1. The molecule has 0 aliphatic heterocycles. The third kappa shape index (κ3) is 3.97. The van der Waals surface area contributed by atoms with Gasteiger partial charge in [-0.3, -0.25) is 0 Å². The van der Waals surface area contributed by atoms with Crippen LogP contribution in [0.5, 0.6) is 0 Å². The summed E-state index contributed by atoms with van der Waals surface area (Å²) in [5.74, 6) is 0. The molecule has 0 saturated carbocycles. The summed E-state index contributed by atoms with van der Waals surface area (Å²) in [7, 11) is 0. The molecule has 0 bridgehead atoms. The lowest BCUT2D eigenvalue weighted by molar-refractivity contribution is 0.669. The van der Waals surface area contributed by atoms with Crippen molar-refractivity contribution in [1.29, 1.82) is 0 Å². The van der Waals surface area contributed by atoms with E-state index in [2.05, 4.69) is 144 Å². The summed E-state index contributed by atoms with van der Waals surface area (Å²) in [5.41, 5.74) is 11.9. The lowest BCUT2D eigenvalue weighted by Crippen LogP contribution is -2.28. The van der Waals surface area contributed by atoms with E-state index in [1.807, 2.05) is 30.3 Å². The Morgan fingerprint density at radius 3 is 1.83 bits per heavy atom. The van der Waals surface area contributed by atoms with E-state index in [0.717, 1.165) is 39.0 Å². The van der Waals surface area contributed by atoms with Gasteiger partial charge < -0.3 is 9.32 Å². The molecule has 218 valence electrons. The van der Waals surface area contributed by atoms with Crippen molar-refractivity contribution in [3.8, 4) is 11.1 Å². The van der Waals surface area contributed by atoms with Crippen LogP contribution in [0.3, 0.4) is 0 Å². The van der Waals surface area contributed by atoms with Crippen molar-refractivity contribution in [2.75, 3.05) is 4.90 Å². The van der Waals surface area contributed by atoms with E-state index in [4.69, 9.17) is 16.0 Å². The van der Waals surface area contributed by atoms with Gasteiger partial charge in [-0.2, -0.15) is 0 Å². The molecule has 7 aromatic carbocycles. The van der Waals surface area contributed by atoms with Crippen LogP contribution in [0, 0.1) is 0 Å². The van der Waals surface area contributed by atoms with Gasteiger partial charge in [0.25, 0.3) is 0 Å². The molecule has 2 nitrogen and oxygen atoms in total. The van der Waals surface area contributed by atoms with E-state index in [-0.39, 0.29) is 0 Å². The second kappa shape index (κ2) is 10.5. The van der Waals surface area contributed by atoms with E-state index < -0.39 is 5.41 Å². The maximum absolute atomic E-state index is 6.64. The molecule has 0 atom stereocenters. The van der Waals surface area contributed by atoms with Crippen LogP contribution in [0.25, 0.3) is 33.1 Å². The van der Waals surface area contributed by atoms with E-state index in [1.165, 1.54) is 33.4 Å². The van der Waals surface area contributed by atoms with Gasteiger partial charge in [0.2, 0.25) is 0 Å². The van der Waals surface area contributed by atoms with Crippen molar-refractivity contribution < 1.29 is 4.42 Å². The summed E-state index contributed by atoms with van der Waals surface area (Å²) < 4.78 is 6.20. The average molecular weight is 610 g/mol. The first-order valence-electron chi connectivity index (χ1n) is 15.5. The van der Waals surface area contributed by atoms with Crippen LogP contribution in [0.2, 0.25) is 5.02 Å². The Bertz CT molecular complexity index is 2350. The molecule has 0 spiro atoms. The molecule has 1 aliphatic rings. The van der Waals surface area contributed by atoms with Gasteiger partial charge in [-0.1, -0.05) is 127 Å². The predicted molar refractivity (Wildman–Crippen MR) is 191 cm³/mol. The van der Waals surface area contributed by atoms with E-state index in [0.29, 0.717) is 5.02 Å². The maximum Gasteiger partial charge on any atom is 0.135 e. The first-order chi connectivity index (χ1) is 22.7. The lowest BCUT2D eigenvalue weighted by Gasteiger charge is -2.35. The molecule has 0 unspecified atom stereocenters. The van der Waals surface area contributed by atoms with Crippen LogP contribution in [0.4, 0.5) is 17.1 Å². The number of halogens is 1. The highest BCUT2D eigenvalue weighted by atomic mass is 35.5. The van der Waals surface area contributed by atoms with Gasteiger partial charge in [-0.25, -0.2) is 0 Å². The number of anilines is 3. The number of furan rings is 1. The van der Waals surface area contributed by atoms with Crippen LogP contribution < -0.4 is 4.90 Å². The highest BCUT2D eigenvalue weighted by Crippen LogP contribution is 2.57. The monoisotopic (exact) mass is 609 g/mol.